The predicted octanol–water partition coefficient (Wildman–Crippen LogP) is 3.68. The molecule has 0 amide bonds. The Morgan fingerprint density at radius 3 is 2.27 bits per heavy atom. The van der Waals surface area contributed by atoms with E-state index < -0.39 is 0 Å². The van der Waals surface area contributed by atoms with E-state index in [0.29, 0.717) is 12.0 Å². The molecule has 0 spiro atoms. The number of nitrogens with zero attached hydrogens (tertiary/aromatic N) is 1. The molecule has 0 radical (unpaired) electrons. The molecule has 1 fully saturated rings. The zero-order valence-corrected chi connectivity index (χ0v) is 16.1. The Labute approximate surface area is 150 Å². The van der Waals surface area contributed by atoms with Gasteiger partial charge in [0.2, 0.25) is 0 Å². The minimum Gasteiger partial charge on any atom is -0.356 e. The third-order valence-corrected chi connectivity index (χ3v) is 4.49. The highest BCUT2D eigenvalue weighted by Gasteiger charge is 2.44. The summed E-state index contributed by atoms with van der Waals surface area (Å²) in [6, 6.07) is 7.26. The maximum Gasteiger partial charge on any atom is 0.191 e. The summed E-state index contributed by atoms with van der Waals surface area (Å²) in [6.07, 6.45) is 2.28. The molecular formula is C17H27FIN3. The van der Waals surface area contributed by atoms with Crippen LogP contribution >= 0.6 is 24.0 Å². The molecule has 0 aromatic heterocycles. The van der Waals surface area contributed by atoms with Gasteiger partial charge in [0.05, 0.1) is 0 Å². The summed E-state index contributed by atoms with van der Waals surface area (Å²) in [5, 5.41) is 6.82. The molecule has 1 aliphatic rings. The van der Waals surface area contributed by atoms with Gasteiger partial charge in [0, 0.05) is 25.0 Å². The predicted molar refractivity (Wildman–Crippen MR) is 102 cm³/mol. The van der Waals surface area contributed by atoms with Crippen LogP contribution in [0.5, 0.6) is 0 Å². The summed E-state index contributed by atoms with van der Waals surface area (Å²) in [4.78, 5) is 4.28. The second-order valence-corrected chi connectivity index (χ2v) is 6.39. The normalized spacial score (nSPS) is 17.6. The van der Waals surface area contributed by atoms with E-state index in [-0.39, 0.29) is 35.2 Å². The lowest BCUT2D eigenvalue weighted by Crippen LogP contribution is -2.46. The number of rotatable bonds is 5. The molecule has 2 rings (SSSR count). The van der Waals surface area contributed by atoms with Crippen LogP contribution in [0, 0.1) is 11.7 Å². The van der Waals surface area contributed by atoms with E-state index in [1.165, 1.54) is 5.56 Å². The van der Waals surface area contributed by atoms with Gasteiger partial charge in [0.25, 0.3) is 0 Å². The van der Waals surface area contributed by atoms with Crippen molar-refractivity contribution in [3.05, 3.63) is 35.6 Å². The number of aliphatic imine (C=N–C) groups is 1. The average molecular weight is 419 g/mol. The van der Waals surface area contributed by atoms with Crippen LogP contribution in [0.25, 0.3) is 0 Å². The second kappa shape index (κ2) is 8.13. The second-order valence-electron chi connectivity index (χ2n) is 6.39. The molecule has 1 aromatic rings. The van der Waals surface area contributed by atoms with E-state index in [0.717, 1.165) is 25.3 Å². The molecular weight excluding hydrogens is 392 g/mol. The summed E-state index contributed by atoms with van der Waals surface area (Å²) < 4.78 is 13.0. The molecule has 5 heteroatoms. The van der Waals surface area contributed by atoms with Crippen molar-refractivity contribution in [3.8, 4) is 0 Å². The van der Waals surface area contributed by atoms with Crippen molar-refractivity contribution < 1.29 is 4.39 Å². The van der Waals surface area contributed by atoms with Crippen LogP contribution in [0.4, 0.5) is 4.39 Å². The Morgan fingerprint density at radius 1 is 1.23 bits per heavy atom. The summed E-state index contributed by atoms with van der Waals surface area (Å²) in [7, 11) is 1.79. The lowest BCUT2D eigenvalue weighted by Gasteiger charge is -2.23. The highest BCUT2D eigenvalue weighted by molar-refractivity contribution is 14.0. The first-order valence-electron chi connectivity index (χ1n) is 7.70. The van der Waals surface area contributed by atoms with E-state index >= 15 is 0 Å². The van der Waals surface area contributed by atoms with Gasteiger partial charge in [-0.25, -0.2) is 4.39 Å². The molecule has 1 atom stereocenters. The fourth-order valence-corrected chi connectivity index (χ4v) is 2.35. The van der Waals surface area contributed by atoms with Gasteiger partial charge in [-0.2, -0.15) is 0 Å². The Morgan fingerprint density at radius 2 is 1.82 bits per heavy atom. The third kappa shape index (κ3) is 4.83. The Balaban J connectivity index is 0.00000242. The standard InChI is InChI=1S/C17H26FN3.HI/c1-12(2)13(3)21-16(19-4)20-11-17(9-10-17)14-5-7-15(18)8-6-14;/h5-8,12-13H,9-11H2,1-4H3,(H2,19,20,21);1H. The van der Waals surface area contributed by atoms with Crippen molar-refractivity contribution in [2.75, 3.05) is 13.6 Å². The van der Waals surface area contributed by atoms with E-state index in [4.69, 9.17) is 0 Å². The van der Waals surface area contributed by atoms with E-state index in [9.17, 15) is 4.39 Å². The average Bonchev–Trinajstić information content (AvgIpc) is 3.24. The number of nitrogens with one attached hydrogen (secondary N) is 2. The number of hydrogen-bond acceptors (Lipinski definition) is 1. The fraction of sp³-hybridized carbons (Fsp3) is 0.588. The zero-order chi connectivity index (χ0) is 15.5. The Kier molecular flexibility index (Phi) is 7.09. The van der Waals surface area contributed by atoms with Gasteiger partial charge in [-0.1, -0.05) is 26.0 Å². The maximum atomic E-state index is 13.0. The van der Waals surface area contributed by atoms with Crippen LogP contribution in [0.15, 0.2) is 29.3 Å². The summed E-state index contributed by atoms with van der Waals surface area (Å²) in [6.45, 7) is 7.37. The van der Waals surface area contributed by atoms with Gasteiger partial charge >= 0.3 is 0 Å². The molecule has 2 N–H and O–H groups in total. The van der Waals surface area contributed by atoms with Gasteiger partial charge in [0.1, 0.15) is 5.82 Å². The maximum absolute atomic E-state index is 13.0. The SMILES string of the molecule is CN=C(NCC1(c2ccc(F)cc2)CC1)NC(C)C(C)C.I. The van der Waals surface area contributed by atoms with Gasteiger partial charge in [-0.3, -0.25) is 4.99 Å². The topological polar surface area (TPSA) is 36.4 Å². The largest absolute Gasteiger partial charge is 0.356 e. The summed E-state index contributed by atoms with van der Waals surface area (Å²) in [5.41, 5.74) is 1.36. The van der Waals surface area contributed by atoms with Crippen molar-refractivity contribution >= 4 is 29.9 Å². The smallest absolute Gasteiger partial charge is 0.191 e. The molecule has 124 valence electrons. The fourth-order valence-electron chi connectivity index (χ4n) is 2.35. The molecule has 22 heavy (non-hydrogen) atoms. The zero-order valence-electron chi connectivity index (χ0n) is 13.8. The van der Waals surface area contributed by atoms with Crippen LogP contribution in [-0.2, 0) is 5.41 Å². The number of halogens is 2. The molecule has 0 saturated heterocycles. The van der Waals surface area contributed by atoms with Gasteiger partial charge in [0.15, 0.2) is 5.96 Å². The lowest BCUT2D eigenvalue weighted by atomic mass is 9.96. The first kappa shape index (κ1) is 19.2. The van der Waals surface area contributed by atoms with Crippen molar-refractivity contribution in [1.29, 1.82) is 0 Å². The van der Waals surface area contributed by atoms with Crippen molar-refractivity contribution in [2.24, 2.45) is 10.9 Å². The minimum absolute atomic E-state index is 0. The first-order chi connectivity index (χ1) is 9.97. The molecule has 1 saturated carbocycles. The molecule has 0 bridgehead atoms. The van der Waals surface area contributed by atoms with E-state index in [2.05, 4.69) is 36.4 Å². The van der Waals surface area contributed by atoms with Crippen LogP contribution in [0.1, 0.15) is 39.2 Å². The molecule has 0 aliphatic heterocycles. The van der Waals surface area contributed by atoms with Crippen LogP contribution in [0.2, 0.25) is 0 Å². The molecule has 3 nitrogen and oxygen atoms in total. The number of benzene rings is 1. The molecule has 1 aromatic carbocycles. The van der Waals surface area contributed by atoms with Crippen LogP contribution in [0.3, 0.4) is 0 Å². The first-order valence-corrected chi connectivity index (χ1v) is 7.70. The number of guanidine groups is 1. The highest BCUT2D eigenvalue weighted by atomic mass is 127. The Bertz CT molecular complexity index is 495. The monoisotopic (exact) mass is 419 g/mol. The Hall–Kier alpha value is -0.850. The minimum atomic E-state index is -0.175. The van der Waals surface area contributed by atoms with Gasteiger partial charge in [-0.15, -0.1) is 24.0 Å². The number of hydrogen-bond donors (Lipinski definition) is 2. The van der Waals surface area contributed by atoms with Gasteiger partial charge < -0.3 is 10.6 Å². The van der Waals surface area contributed by atoms with Crippen molar-refractivity contribution in [3.63, 3.8) is 0 Å². The highest BCUT2D eigenvalue weighted by Crippen LogP contribution is 2.47. The molecule has 1 aliphatic carbocycles. The van der Waals surface area contributed by atoms with E-state index in [1.807, 2.05) is 12.1 Å². The summed E-state index contributed by atoms with van der Waals surface area (Å²) in [5.74, 6) is 1.21. The van der Waals surface area contributed by atoms with Crippen LogP contribution < -0.4 is 10.6 Å². The third-order valence-electron chi connectivity index (χ3n) is 4.49. The molecule has 1 unspecified atom stereocenters. The lowest BCUT2D eigenvalue weighted by molar-refractivity contribution is 0.479. The van der Waals surface area contributed by atoms with Crippen LogP contribution in [-0.4, -0.2) is 25.6 Å². The van der Waals surface area contributed by atoms with Crippen molar-refractivity contribution in [1.82, 2.24) is 10.6 Å². The van der Waals surface area contributed by atoms with E-state index in [1.54, 1.807) is 19.2 Å². The summed E-state index contributed by atoms with van der Waals surface area (Å²) >= 11 is 0. The molecule has 0 heterocycles. The van der Waals surface area contributed by atoms with Crippen molar-refractivity contribution in [2.45, 2.75) is 45.1 Å². The quantitative estimate of drug-likeness (QED) is 0.434. The van der Waals surface area contributed by atoms with Gasteiger partial charge in [-0.05, 0) is 43.4 Å².